The third kappa shape index (κ3) is 7.29. The molecule has 0 spiro atoms. The van der Waals surface area contributed by atoms with E-state index >= 15 is 0 Å². The van der Waals surface area contributed by atoms with Crippen molar-refractivity contribution in [1.29, 1.82) is 0 Å². The monoisotopic (exact) mass is 433 g/mol. The van der Waals surface area contributed by atoms with E-state index in [2.05, 4.69) is 0 Å². The van der Waals surface area contributed by atoms with Gasteiger partial charge in [-0.3, -0.25) is 4.90 Å². The predicted molar refractivity (Wildman–Crippen MR) is 114 cm³/mol. The SMILES string of the molecule is Cc1cc(C)cc(OCCN2C(=O)N(CCN(C)C)OC(=O)/C=C/C(=O)OC2(C)C)c1. The first kappa shape index (κ1) is 24.2. The van der Waals surface area contributed by atoms with Gasteiger partial charge in [-0.15, -0.1) is 0 Å². The third-order valence-corrected chi connectivity index (χ3v) is 4.53. The lowest BCUT2D eigenvalue weighted by atomic mass is 10.1. The van der Waals surface area contributed by atoms with Crippen molar-refractivity contribution in [2.45, 2.75) is 33.4 Å². The van der Waals surface area contributed by atoms with Crippen molar-refractivity contribution in [1.82, 2.24) is 14.9 Å². The second kappa shape index (κ2) is 10.3. The summed E-state index contributed by atoms with van der Waals surface area (Å²) >= 11 is 0. The number of rotatable bonds is 7. The lowest BCUT2D eigenvalue weighted by molar-refractivity contribution is -0.187. The average molecular weight is 434 g/mol. The van der Waals surface area contributed by atoms with Gasteiger partial charge in [0.1, 0.15) is 12.4 Å². The van der Waals surface area contributed by atoms with E-state index in [1.54, 1.807) is 13.8 Å². The van der Waals surface area contributed by atoms with Crippen molar-refractivity contribution >= 4 is 18.0 Å². The van der Waals surface area contributed by atoms with Gasteiger partial charge < -0.3 is 19.2 Å². The van der Waals surface area contributed by atoms with Crippen LogP contribution in [0, 0.1) is 13.8 Å². The molecule has 0 bridgehead atoms. The number of hydrogen-bond donors (Lipinski definition) is 0. The quantitative estimate of drug-likeness (QED) is 0.610. The molecule has 0 saturated heterocycles. The maximum absolute atomic E-state index is 13.3. The number of benzene rings is 1. The highest BCUT2D eigenvalue weighted by Gasteiger charge is 2.38. The van der Waals surface area contributed by atoms with E-state index in [9.17, 15) is 14.4 Å². The van der Waals surface area contributed by atoms with Crippen LogP contribution in [0.5, 0.6) is 5.75 Å². The summed E-state index contributed by atoms with van der Waals surface area (Å²) in [4.78, 5) is 45.7. The molecule has 2 amide bonds. The van der Waals surface area contributed by atoms with Gasteiger partial charge in [0.2, 0.25) is 0 Å². The molecule has 2 rings (SSSR count). The van der Waals surface area contributed by atoms with Gasteiger partial charge in [-0.1, -0.05) is 6.07 Å². The van der Waals surface area contributed by atoms with E-state index in [4.69, 9.17) is 14.3 Å². The minimum Gasteiger partial charge on any atom is -0.492 e. The fourth-order valence-electron chi connectivity index (χ4n) is 3.08. The number of aryl methyl sites for hydroxylation is 2. The number of nitrogens with zero attached hydrogens (tertiary/aromatic N) is 3. The number of hydrogen-bond acceptors (Lipinski definition) is 7. The molecule has 9 nitrogen and oxygen atoms in total. The van der Waals surface area contributed by atoms with Crippen molar-refractivity contribution < 1.29 is 28.7 Å². The molecule has 170 valence electrons. The molecule has 1 aliphatic rings. The molecular weight excluding hydrogens is 402 g/mol. The Kier molecular flexibility index (Phi) is 8.04. The first-order valence-corrected chi connectivity index (χ1v) is 10.1. The number of carbonyl (C=O) groups excluding carboxylic acids is 3. The number of carbonyl (C=O) groups is 3. The van der Waals surface area contributed by atoms with E-state index < -0.39 is 23.7 Å². The molecule has 0 aromatic heterocycles. The van der Waals surface area contributed by atoms with Gasteiger partial charge in [-0.05, 0) is 65.0 Å². The standard InChI is InChI=1S/C22H31N3O6/c1-16-13-17(2)15-18(14-16)29-12-11-24-21(28)25(10-9-23(5)6)31-20(27)8-7-19(26)30-22(24,3)4/h7-8,13-15H,9-12H2,1-6H3/b8-7+. The van der Waals surface area contributed by atoms with Gasteiger partial charge in [-0.2, -0.15) is 5.06 Å². The molecule has 0 N–H and O–H groups in total. The summed E-state index contributed by atoms with van der Waals surface area (Å²) in [5.41, 5.74) is 0.825. The molecule has 0 fully saturated rings. The van der Waals surface area contributed by atoms with Crippen LogP contribution in [0.3, 0.4) is 0 Å². The summed E-state index contributed by atoms with van der Waals surface area (Å²) in [6.07, 6.45) is 1.92. The van der Waals surface area contributed by atoms with E-state index in [1.807, 2.05) is 51.0 Å². The molecule has 9 heteroatoms. The maximum Gasteiger partial charge on any atom is 0.356 e. The molecule has 0 radical (unpaired) electrons. The van der Waals surface area contributed by atoms with Crippen molar-refractivity contribution in [3.8, 4) is 5.75 Å². The molecular formula is C22H31N3O6. The number of esters is 1. The van der Waals surface area contributed by atoms with Crippen LogP contribution in [-0.2, 0) is 19.2 Å². The second-order valence-corrected chi connectivity index (χ2v) is 8.12. The number of ether oxygens (including phenoxy) is 2. The Balaban J connectivity index is 2.24. The zero-order chi connectivity index (χ0) is 23.2. The highest BCUT2D eigenvalue weighted by Crippen LogP contribution is 2.21. The summed E-state index contributed by atoms with van der Waals surface area (Å²) in [5.74, 6) is -0.911. The number of cyclic esters (lactones) is 1. The Morgan fingerprint density at radius 3 is 2.19 bits per heavy atom. The van der Waals surface area contributed by atoms with Crippen LogP contribution < -0.4 is 4.74 Å². The van der Waals surface area contributed by atoms with Crippen LogP contribution in [0.2, 0.25) is 0 Å². The Labute approximate surface area is 183 Å². The van der Waals surface area contributed by atoms with Crippen molar-refractivity contribution in [2.75, 3.05) is 40.3 Å². The molecule has 1 heterocycles. The van der Waals surface area contributed by atoms with Gasteiger partial charge >= 0.3 is 18.0 Å². The Bertz CT molecular complexity index is 829. The number of hydroxylamine groups is 2. The van der Waals surface area contributed by atoms with Crippen LogP contribution in [0.15, 0.2) is 30.4 Å². The molecule has 0 aliphatic carbocycles. The first-order valence-electron chi connectivity index (χ1n) is 10.1. The van der Waals surface area contributed by atoms with Crippen molar-refractivity contribution in [3.63, 3.8) is 0 Å². The molecule has 31 heavy (non-hydrogen) atoms. The van der Waals surface area contributed by atoms with Crippen LogP contribution in [0.25, 0.3) is 0 Å². The van der Waals surface area contributed by atoms with Gasteiger partial charge in [0.25, 0.3) is 0 Å². The van der Waals surface area contributed by atoms with Gasteiger partial charge in [-0.25, -0.2) is 14.4 Å². The van der Waals surface area contributed by atoms with E-state index in [0.717, 1.165) is 28.3 Å². The molecule has 0 saturated carbocycles. The summed E-state index contributed by atoms with van der Waals surface area (Å²) < 4.78 is 11.3. The number of likely N-dealkylation sites (N-methyl/N-ethyl adjacent to an activating group) is 1. The van der Waals surface area contributed by atoms with E-state index in [0.29, 0.717) is 12.3 Å². The lowest BCUT2D eigenvalue weighted by Crippen LogP contribution is -2.57. The first-order chi connectivity index (χ1) is 14.5. The Morgan fingerprint density at radius 1 is 0.968 bits per heavy atom. The summed E-state index contributed by atoms with van der Waals surface area (Å²) in [5, 5.41) is 0.977. The zero-order valence-electron chi connectivity index (χ0n) is 19.0. The fourth-order valence-corrected chi connectivity index (χ4v) is 3.08. The average Bonchev–Trinajstić information content (AvgIpc) is 2.64. The predicted octanol–water partition coefficient (Wildman–Crippen LogP) is 2.28. The minimum absolute atomic E-state index is 0.103. The van der Waals surface area contributed by atoms with E-state index in [1.165, 1.54) is 4.90 Å². The largest absolute Gasteiger partial charge is 0.492 e. The minimum atomic E-state index is -1.30. The van der Waals surface area contributed by atoms with Gasteiger partial charge in [0.05, 0.1) is 13.1 Å². The smallest absolute Gasteiger partial charge is 0.356 e. The summed E-state index contributed by atoms with van der Waals surface area (Å²) in [6, 6.07) is 5.23. The van der Waals surface area contributed by atoms with Crippen LogP contribution >= 0.6 is 0 Å². The summed E-state index contributed by atoms with van der Waals surface area (Å²) in [6.45, 7) is 8.01. The number of urea groups is 1. The number of amides is 2. The van der Waals surface area contributed by atoms with Crippen LogP contribution in [-0.4, -0.2) is 78.9 Å². The lowest BCUT2D eigenvalue weighted by Gasteiger charge is -2.39. The molecule has 0 atom stereocenters. The maximum atomic E-state index is 13.3. The highest BCUT2D eigenvalue weighted by molar-refractivity contribution is 5.92. The molecule has 1 aromatic rings. The van der Waals surface area contributed by atoms with E-state index in [-0.39, 0.29) is 19.7 Å². The summed E-state index contributed by atoms with van der Waals surface area (Å²) in [7, 11) is 3.68. The highest BCUT2D eigenvalue weighted by atomic mass is 16.7. The Morgan fingerprint density at radius 2 is 1.58 bits per heavy atom. The molecule has 1 aromatic carbocycles. The molecule has 0 unspecified atom stereocenters. The fraction of sp³-hybridized carbons (Fsp3) is 0.500. The third-order valence-electron chi connectivity index (χ3n) is 4.53. The van der Waals surface area contributed by atoms with Crippen LogP contribution in [0.4, 0.5) is 4.79 Å². The topological polar surface area (TPSA) is 88.6 Å². The van der Waals surface area contributed by atoms with Gasteiger partial charge in [0.15, 0.2) is 5.72 Å². The van der Waals surface area contributed by atoms with Crippen molar-refractivity contribution in [2.24, 2.45) is 0 Å². The normalized spacial score (nSPS) is 18.0. The van der Waals surface area contributed by atoms with Gasteiger partial charge in [0, 0.05) is 18.7 Å². The Hall–Kier alpha value is -3.07. The van der Waals surface area contributed by atoms with Crippen LogP contribution in [0.1, 0.15) is 25.0 Å². The zero-order valence-corrected chi connectivity index (χ0v) is 19.0. The van der Waals surface area contributed by atoms with Crippen molar-refractivity contribution in [3.05, 3.63) is 41.5 Å². The molecule has 1 aliphatic heterocycles. The second-order valence-electron chi connectivity index (χ2n) is 8.12.